The van der Waals surface area contributed by atoms with E-state index in [0.717, 1.165) is 16.7 Å². The maximum absolute atomic E-state index is 12.0. The number of amides is 2. The summed E-state index contributed by atoms with van der Waals surface area (Å²) in [4.78, 5) is 12.0. The van der Waals surface area contributed by atoms with Gasteiger partial charge in [-0.05, 0) is 30.5 Å². The van der Waals surface area contributed by atoms with Crippen molar-refractivity contribution in [2.24, 2.45) is 0 Å². The van der Waals surface area contributed by atoms with Gasteiger partial charge in [-0.25, -0.2) is 4.79 Å². The van der Waals surface area contributed by atoms with Crippen molar-refractivity contribution in [3.8, 4) is 0 Å². The molecule has 2 rings (SSSR count). The molecule has 3 N–H and O–H groups in total. The van der Waals surface area contributed by atoms with Gasteiger partial charge in [0.25, 0.3) is 0 Å². The fourth-order valence-corrected chi connectivity index (χ4v) is 2.35. The molecule has 4 heteroatoms. The first kappa shape index (κ1) is 16.0. The molecule has 0 radical (unpaired) electrons. The molecule has 1 unspecified atom stereocenters. The van der Waals surface area contributed by atoms with Gasteiger partial charge in [0.2, 0.25) is 0 Å². The summed E-state index contributed by atoms with van der Waals surface area (Å²) in [6, 6.07) is 14.9. The second-order valence-corrected chi connectivity index (χ2v) is 5.40. The van der Waals surface area contributed by atoms with Gasteiger partial charge in [0.15, 0.2) is 0 Å². The van der Waals surface area contributed by atoms with Gasteiger partial charge in [0.1, 0.15) is 0 Å². The summed E-state index contributed by atoms with van der Waals surface area (Å²) in [6.45, 7) is 4.40. The normalized spacial score (nSPS) is 11.8. The van der Waals surface area contributed by atoms with Gasteiger partial charge in [0, 0.05) is 6.54 Å². The van der Waals surface area contributed by atoms with Crippen LogP contribution in [0.3, 0.4) is 0 Å². The van der Waals surface area contributed by atoms with Gasteiger partial charge in [-0.15, -0.1) is 0 Å². The second kappa shape index (κ2) is 7.61. The van der Waals surface area contributed by atoms with Crippen LogP contribution in [0.4, 0.5) is 4.79 Å². The summed E-state index contributed by atoms with van der Waals surface area (Å²) < 4.78 is 0. The predicted octanol–water partition coefficient (Wildman–Crippen LogP) is 2.84. The van der Waals surface area contributed by atoms with E-state index in [0.29, 0.717) is 6.54 Å². The molecule has 2 aromatic rings. The first-order valence-electron chi connectivity index (χ1n) is 7.36. The fourth-order valence-electron chi connectivity index (χ4n) is 2.35. The van der Waals surface area contributed by atoms with E-state index in [4.69, 9.17) is 0 Å². The largest absolute Gasteiger partial charge is 0.394 e. The molecule has 0 heterocycles. The van der Waals surface area contributed by atoms with Gasteiger partial charge < -0.3 is 15.7 Å². The van der Waals surface area contributed by atoms with Crippen LogP contribution < -0.4 is 10.6 Å². The second-order valence-electron chi connectivity index (χ2n) is 5.40. The molecule has 0 aliphatic heterocycles. The molecule has 2 amide bonds. The first-order chi connectivity index (χ1) is 10.6. The van der Waals surface area contributed by atoms with Crippen molar-refractivity contribution in [3.63, 3.8) is 0 Å². The minimum atomic E-state index is -0.402. The summed E-state index contributed by atoms with van der Waals surface area (Å²) in [5.74, 6) is 0. The van der Waals surface area contributed by atoms with Gasteiger partial charge in [-0.3, -0.25) is 0 Å². The number of aliphatic hydroxyl groups is 1. The van der Waals surface area contributed by atoms with E-state index in [1.165, 1.54) is 5.56 Å². The molecule has 0 spiro atoms. The number of aryl methyl sites for hydroxylation is 2. The number of nitrogens with one attached hydrogen (secondary N) is 2. The van der Waals surface area contributed by atoms with Crippen LogP contribution >= 0.6 is 0 Å². The Morgan fingerprint density at radius 2 is 1.86 bits per heavy atom. The number of carbonyl (C=O) groups excluding carboxylic acids is 1. The van der Waals surface area contributed by atoms with Crippen LogP contribution in [0.5, 0.6) is 0 Å². The Morgan fingerprint density at radius 1 is 1.14 bits per heavy atom. The van der Waals surface area contributed by atoms with E-state index in [-0.39, 0.29) is 12.6 Å². The van der Waals surface area contributed by atoms with Crippen LogP contribution in [-0.2, 0) is 6.54 Å². The van der Waals surface area contributed by atoms with Crippen LogP contribution in [-0.4, -0.2) is 17.7 Å². The van der Waals surface area contributed by atoms with Gasteiger partial charge >= 0.3 is 6.03 Å². The Balaban J connectivity index is 1.92. The minimum absolute atomic E-state index is 0.138. The number of hydrogen-bond donors (Lipinski definition) is 3. The van der Waals surface area contributed by atoms with Crippen LogP contribution in [0.25, 0.3) is 0 Å². The maximum Gasteiger partial charge on any atom is 0.315 e. The van der Waals surface area contributed by atoms with Gasteiger partial charge in [-0.2, -0.15) is 0 Å². The van der Waals surface area contributed by atoms with Gasteiger partial charge in [-0.1, -0.05) is 54.1 Å². The number of aliphatic hydroxyl groups excluding tert-OH is 1. The highest BCUT2D eigenvalue weighted by Gasteiger charge is 2.13. The number of urea groups is 1. The van der Waals surface area contributed by atoms with Crippen molar-refractivity contribution < 1.29 is 9.90 Å². The van der Waals surface area contributed by atoms with E-state index < -0.39 is 6.04 Å². The third kappa shape index (κ3) is 4.33. The van der Waals surface area contributed by atoms with Crippen LogP contribution in [0, 0.1) is 13.8 Å². The molecule has 0 saturated heterocycles. The van der Waals surface area contributed by atoms with Crippen LogP contribution in [0.2, 0.25) is 0 Å². The average molecular weight is 298 g/mol. The highest BCUT2D eigenvalue weighted by Crippen LogP contribution is 2.12. The van der Waals surface area contributed by atoms with Crippen LogP contribution in [0.15, 0.2) is 48.5 Å². The highest BCUT2D eigenvalue weighted by molar-refractivity contribution is 5.74. The van der Waals surface area contributed by atoms with E-state index in [9.17, 15) is 9.90 Å². The quantitative estimate of drug-likeness (QED) is 0.795. The van der Waals surface area contributed by atoms with Crippen molar-refractivity contribution in [3.05, 3.63) is 70.8 Å². The summed E-state index contributed by atoms with van der Waals surface area (Å²) in [7, 11) is 0. The zero-order valence-electron chi connectivity index (χ0n) is 13.0. The van der Waals surface area contributed by atoms with Crippen molar-refractivity contribution >= 4 is 6.03 Å². The topological polar surface area (TPSA) is 61.4 Å². The molecule has 0 aromatic heterocycles. The lowest BCUT2D eigenvalue weighted by atomic mass is 10.1. The molecule has 0 bridgehead atoms. The Labute approximate surface area is 131 Å². The first-order valence-corrected chi connectivity index (χ1v) is 7.36. The van der Waals surface area contributed by atoms with E-state index >= 15 is 0 Å². The smallest absolute Gasteiger partial charge is 0.315 e. The van der Waals surface area contributed by atoms with Gasteiger partial charge in [0.05, 0.1) is 12.6 Å². The Morgan fingerprint density at radius 3 is 2.50 bits per heavy atom. The summed E-state index contributed by atoms with van der Waals surface area (Å²) >= 11 is 0. The molecule has 2 aromatic carbocycles. The Hall–Kier alpha value is -2.33. The predicted molar refractivity (Wildman–Crippen MR) is 87.6 cm³/mol. The molecule has 0 aliphatic rings. The molecular formula is C18H22N2O2. The number of rotatable bonds is 5. The zero-order valence-corrected chi connectivity index (χ0v) is 13.0. The zero-order chi connectivity index (χ0) is 15.9. The fraction of sp³-hybridized carbons (Fsp3) is 0.278. The molecule has 0 aliphatic carbocycles. The number of benzene rings is 2. The highest BCUT2D eigenvalue weighted by atomic mass is 16.3. The molecule has 1 atom stereocenters. The van der Waals surface area contributed by atoms with Crippen molar-refractivity contribution in [1.82, 2.24) is 10.6 Å². The van der Waals surface area contributed by atoms with E-state index in [2.05, 4.69) is 16.7 Å². The lowest BCUT2D eigenvalue weighted by Crippen LogP contribution is -2.39. The third-order valence-corrected chi connectivity index (χ3v) is 3.63. The van der Waals surface area contributed by atoms with Crippen molar-refractivity contribution in [2.45, 2.75) is 26.4 Å². The number of carbonyl (C=O) groups is 1. The van der Waals surface area contributed by atoms with Crippen LogP contribution in [0.1, 0.15) is 28.3 Å². The minimum Gasteiger partial charge on any atom is -0.394 e. The Bertz CT molecular complexity index is 626. The molecule has 22 heavy (non-hydrogen) atoms. The summed E-state index contributed by atoms with van der Waals surface area (Å²) in [5.41, 5.74) is 4.32. The van der Waals surface area contributed by atoms with E-state index in [1.54, 1.807) is 0 Å². The van der Waals surface area contributed by atoms with E-state index in [1.807, 2.05) is 56.3 Å². The standard InChI is InChI=1S/C18H22N2O2/c1-13-8-9-16(14(2)10-13)11-19-18(22)20-17(12-21)15-6-4-3-5-7-15/h3-10,17,21H,11-12H2,1-2H3,(H2,19,20,22). The monoisotopic (exact) mass is 298 g/mol. The molecule has 116 valence electrons. The van der Waals surface area contributed by atoms with Crippen molar-refractivity contribution in [1.29, 1.82) is 0 Å². The maximum atomic E-state index is 12.0. The molecule has 0 fully saturated rings. The number of hydrogen-bond acceptors (Lipinski definition) is 2. The molecule has 4 nitrogen and oxygen atoms in total. The van der Waals surface area contributed by atoms with Crippen molar-refractivity contribution in [2.75, 3.05) is 6.61 Å². The summed E-state index contributed by atoms with van der Waals surface area (Å²) in [5, 5.41) is 15.1. The lowest BCUT2D eigenvalue weighted by Gasteiger charge is -2.17. The Kier molecular flexibility index (Phi) is 5.55. The molecular weight excluding hydrogens is 276 g/mol. The lowest BCUT2D eigenvalue weighted by molar-refractivity contribution is 0.216. The SMILES string of the molecule is Cc1ccc(CNC(=O)NC(CO)c2ccccc2)c(C)c1. The summed E-state index contributed by atoms with van der Waals surface area (Å²) in [6.07, 6.45) is 0. The third-order valence-electron chi connectivity index (χ3n) is 3.63. The average Bonchev–Trinajstić information content (AvgIpc) is 2.52. The molecule has 0 saturated carbocycles.